The minimum absolute atomic E-state index is 0.373. The zero-order chi connectivity index (χ0) is 11.7. The minimum Gasteiger partial charge on any atom is -0.453 e. The number of hydrogen-bond acceptors (Lipinski definition) is 3. The van der Waals surface area contributed by atoms with Gasteiger partial charge in [-0.15, -0.1) is 0 Å². The van der Waals surface area contributed by atoms with Crippen molar-refractivity contribution < 1.29 is 14.6 Å². The van der Waals surface area contributed by atoms with Crippen molar-refractivity contribution in [1.82, 2.24) is 0 Å². The van der Waals surface area contributed by atoms with Crippen molar-refractivity contribution in [2.45, 2.75) is 57.7 Å². The number of rotatable bonds is 2. The Labute approximate surface area is 91.1 Å². The third-order valence-electron chi connectivity index (χ3n) is 3.37. The molecule has 15 heavy (non-hydrogen) atoms. The van der Waals surface area contributed by atoms with E-state index in [-0.39, 0.29) is 0 Å². The molecule has 0 radical (unpaired) electrons. The fourth-order valence-corrected chi connectivity index (χ4v) is 1.92. The monoisotopic (exact) mass is 212 g/mol. The largest absolute Gasteiger partial charge is 0.453 e. The number of carbonyl (C=O) groups excluding carboxylic acids is 1. The molecule has 0 aromatic rings. The molecule has 0 aromatic heterocycles. The molecule has 0 aromatic carbocycles. The van der Waals surface area contributed by atoms with Gasteiger partial charge >= 0.3 is 5.97 Å². The van der Waals surface area contributed by atoms with Gasteiger partial charge in [-0.2, -0.15) is 0 Å². The maximum Gasteiger partial charge on any atom is 0.333 e. The van der Waals surface area contributed by atoms with E-state index in [9.17, 15) is 9.90 Å². The molecule has 3 heteroatoms. The predicted molar refractivity (Wildman–Crippen MR) is 58.4 cm³/mol. The Bertz CT molecular complexity index is 281. The molecule has 0 heterocycles. The van der Waals surface area contributed by atoms with E-state index in [1.807, 2.05) is 0 Å². The normalized spacial score (nSPS) is 36.0. The van der Waals surface area contributed by atoms with Gasteiger partial charge in [0.1, 0.15) is 11.2 Å². The first-order chi connectivity index (χ1) is 6.78. The molecule has 1 aliphatic rings. The van der Waals surface area contributed by atoms with Crippen LogP contribution >= 0.6 is 0 Å². The molecule has 0 bridgehead atoms. The quantitative estimate of drug-likeness (QED) is 0.563. The van der Waals surface area contributed by atoms with E-state index < -0.39 is 17.2 Å². The average molecular weight is 212 g/mol. The highest BCUT2D eigenvalue weighted by Crippen LogP contribution is 2.39. The van der Waals surface area contributed by atoms with Gasteiger partial charge in [0.05, 0.1) is 0 Å². The molecule has 3 nitrogen and oxygen atoms in total. The first-order valence-corrected chi connectivity index (χ1v) is 5.40. The third kappa shape index (κ3) is 2.40. The summed E-state index contributed by atoms with van der Waals surface area (Å²) in [5.74, 6) is -0.417. The zero-order valence-electron chi connectivity index (χ0n) is 9.80. The molecule has 2 unspecified atom stereocenters. The van der Waals surface area contributed by atoms with Crippen LogP contribution in [0.15, 0.2) is 12.2 Å². The van der Waals surface area contributed by atoms with Crippen LogP contribution < -0.4 is 0 Å². The molecule has 86 valence electrons. The Morgan fingerprint density at radius 3 is 2.33 bits per heavy atom. The number of hydrogen-bond donors (Lipinski definition) is 1. The van der Waals surface area contributed by atoms with E-state index >= 15 is 0 Å². The second kappa shape index (κ2) is 3.97. The van der Waals surface area contributed by atoms with Crippen LogP contribution in [0.5, 0.6) is 0 Å². The van der Waals surface area contributed by atoms with Crippen LogP contribution in [0.1, 0.15) is 46.5 Å². The standard InChI is InChI=1S/C12H20O3/c1-9(2)10(13)15-12(4)8-6-5-7-11(12,3)14/h14H,1,5-8H2,2-4H3. The van der Waals surface area contributed by atoms with Gasteiger partial charge in [-0.3, -0.25) is 0 Å². The first kappa shape index (κ1) is 12.2. The van der Waals surface area contributed by atoms with Gasteiger partial charge in [0, 0.05) is 5.57 Å². The summed E-state index contributed by atoms with van der Waals surface area (Å²) in [6.07, 6.45) is 3.34. The summed E-state index contributed by atoms with van der Waals surface area (Å²) in [5.41, 5.74) is -1.34. The van der Waals surface area contributed by atoms with Crippen molar-refractivity contribution in [2.24, 2.45) is 0 Å². The minimum atomic E-state index is -0.934. The number of ether oxygens (including phenoxy) is 1. The van der Waals surface area contributed by atoms with Crippen molar-refractivity contribution in [2.75, 3.05) is 0 Å². The molecule has 1 aliphatic carbocycles. The Morgan fingerprint density at radius 2 is 1.87 bits per heavy atom. The number of carbonyl (C=O) groups is 1. The second-order valence-corrected chi connectivity index (χ2v) is 4.88. The molecule has 0 aliphatic heterocycles. The smallest absolute Gasteiger partial charge is 0.333 e. The lowest BCUT2D eigenvalue weighted by molar-refractivity contribution is -0.195. The molecule has 0 spiro atoms. The van der Waals surface area contributed by atoms with Gasteiger partial charge < -0.3 is 9.84 Å². The Morgan fingerprint density at radius 1 is 1.33 bits per heavy atom. The van der Waals surface area contributed by atoms with E-state index in [1.54, 1.807) is 20.8 Å². The molecule has 0 amide bonds. The topological polar surface area (TPSA) is 46.5 Å². The van der Waals surface area contributed by atoms with Gasteiger partial charge in [-0.05, 0) is 40.0 Å². The highest BCUT2D eigenvalue weighted by molar-refractivity contribution is 5.87. The summed E-state index contributed by atoms with van der Waals surface area (Å²) in [6, 6.07) is 0. The van der Waals surface area contributed by atoms with Crippen LogP contribution in [0.3, 0.4) is 0 Å². The molecule has 1 rings (SSSR count). The van der Waals surface area contributed by atoms with Crippen molar-refractivity contribution in [1.29, 1.82) is 0 Å². The molecular weight excluding hydrogens is 192 g/mol. The summed E-state index contributed by atoms with van der Waals surface area (Å²) < 4.78 is 5.37. The summed E-state index contributed by atoms with van der Waals surface area (Å²) in [4.78, 5) is 11.5. The van der Waals surface area contributed by atoms with Crippen LogP contribution in [-0.4, -0.2) is 22.3 Å². The van der Waals surface area contributed by atoms with E-state index in [4.69, 9.17) is 4.74 Å². The highest BCUT2D eigenvalue weighted by Gasteiger charge is 2.48. The first-order valence-electron chi connectivity index (χ1n) is 5.40. The summed E-state index contributed by atoms with van der Waals surface area (Å²) in [7, 11) is 0. The fraction of sp³-hybridized carbons (Fsp3) is 0.750. The van der Waals surface area contributed by atoms with Gasteiger partial charge in [0.25, 0.3) is 0 Å². The molecule has 2 atom stereocenters. The lowest BCUT2D eigenvalue weighted by Crippen LogP contribution is -2.54. The predicted octanol–water partition coefficient (Wildman–Crippen LogP) is 2.19. The van der Waals surface area contributed by atoms with E-state index in [1.165, 1.54) is 0 Å². The lowest BCUT2D eigenvalue weighted by Gasteiger charge is -2.45. The van der Waals surface area contributed by atoms with Crippen molar-refractivity contribution in [3.63, 3.8) is 0 Å². The average Bonchev–Trinajstić information content (AvgIpc) is 2.10. The Balaban J connectivity index is 2.79. The fourth-order valence-electron chi connectivity index (χ4n) is 1.92. The van der Waals surface area contributed by atoms with Crippen molar-refractivity contribution >= 4 is 5.97 Å². The zero-order valence-corrected chi connectivity index (χ0v) is 9.80. The van der Waals surface area contributed by atoms with E-state index in [2.05, 4.69) is 6.58 Å². The van der Waals surface area contributed by atoms with Gasteiger partial charge in [0.2, 0.25) is 0 Å². The lowest BCUT2D eigenvalue weighted by atomic mass is 9.74. The van der Waals surface area contributed by atoms with Crippen LogP contribution in [0.4, 0.5) is 0 Å². The SMILES string of the molecule is C=C(C)C(=O)OC1(C)CCCCC1(C)O. The Kier molecular flexibility index (Phi) is 3.24. The maximum atomic E-state index is 11.5. The van der Waals surface area contributed by atoms with Crippen LogP contribution in [0, 0.1) is 0 Å². The van der Waals surface area contributed by atoms with Gasteiger partial charge in [-0.1, -0.05) is 13.0 Å². The van der Waals surface area contributed by atoms with Crippen LogP contribution in [0.25, 0.3) is 0 Å². The summed E-state index contributed by atoms with van der Waals surface area (Å²) in [5, 5.41) is 10.2. The van der Waals surface area contributed by atoms with Crippen LogP contribution in [-0.2, 0) is 9.53 Å². The molecule has 0 saturated heterocycles. The molecule has 1 saturated carbocycles. The third-order valence-corrected chi connectivity index (χ3v) is 3.37. The second-order valence-electron chi connectivity index (χ2n) is 4.88. The van der Waals surface area contributed by atoms with E-state index in [0.29, 0.717) is 18.4 Å². The maximum absolute atomic E-state index is 11.5. The summed E-state index contributed by atoms with van der Waals surface area (Å²) >= 11 is 0. The Hall–Kier alpha value is -0.830. The van der Waals surface area contributed by atoms with Crippen LogP contribution in [0.2, 0.25) is 0 Å². The van der Waals surface area contributed by atoms with Gasteiger partial charge in [0.15, 0.2) is 0 Å². The van der Waals surface area contributed by atoms with E-state index in [0.717, 1.165) is 12.8 Å². The van der Waals surface area contributed by atoms with Crippen molar-refractivity contribution in [3.8, 4) is 0 Å². The number of aliphatic hydroxyl groups is 1. The number of esters is 1. The highest BCUT2D eigenvalue weighted by atomic mass is 16.6. The summed E-state index contributed by atoms with van der Waals surface area (Å²) in [6.45, 7) is 8.69. The molecule has 1 fully saturated rings. The molecular formula is C12H20O3. The van der Waals surface area contributed by atoms with Crippen molar-refractivity contribution in [3.05, 3.63) is 12.2 Å². The van der Waals surface area contributed by atoms with Gasteiger partial charge in [-0.25, -0.2) is 4.79 Å². The molecule has 1 N–H and O–H groups in total.